The molecule has 2 fully saturated rings. The second-order valence-corrected chi connectivity index (χ2v) is 14.7. The monoisotopic (exact) mass is 747 g/mol. The molecule has 0 bridgehead atoms. The van der Waals surface area contributed by atoms with E-state index in [2.05, 4.69) is 43.7 Å². The van der Waals surface area contributed by atoms with Crippen molar-refractivity contribution in [1.29, 1.82) is 0 Å². The van der Waals surface area contributed by atoms with Crippen LogP contribution in [-0.4, -0.2) is 61.6 Å². The third-order valence-electron chi connectivity index (χ3n) is 11.0. The first kappa shape index (κ1) is 36.3. The van der Waals surface area contributed by atoms with Gasteiger partial charge in [-0.15, -0.1) is 0 Å². The number of halogens is 3. The van der Waals surface area contributed by atoms with Gasteiger partial charge in [0.05, 0.1) is 29.0 Å². The Labute approximate surface area is 316 Å². The second kappa shape index (κ2) is 14.9. The van der Waals surface area contributed by atoms with Gasteiger partial charge in [0.1, 0.15) is 23.5 Å². The standard InChI is InChI=1S/C42H40F3N7O3/c1-23(30-7-4-8-32(38(30)43)39(44)45)47-40-33-19-34(46-20-35(33)48-24(2)49-40)28-6-3-5-25(17-28)21-51-15-13-26(14-16-51)27-9-10-31-29(18-27)22-52(42(31)55)36-11-12-37(53)50-41(36)54/h3-10,17-20,23,26,36,39H,11-16,21-22H2,1-2H3,(H,47,48,49)(H,50,53,54). The SMILES string of the molecule is Cc1nc(NC(C)c2cccc(C(F)F)c2F)c2cc(-c3cccc(CN4CCC(c5ccc6c(c5)CN(C5CCC(=O)NC5=O)C6=O)CC4)c3)ncc2n1. The summed E-state index contributed by atoms with van der Waals surface area (Å²) in [6.45, 7) is 6.41. The zero-order valence-corrected chi connectivity index (χ0v) is 30.5. The molecule has 3 aromatic carbocycles. The first-order valence-corrected chi connectivity index (χ1v) is 18.6. The van der Waals surface area contributed by atoms with Gasteiger partial charge in [0.25, 0.3) is 12.3 Å². The summed E-state index contributed by atoms with van der Waals surface area (Å²) in [7, 11) is 0. The number of amides is 3. The number of aryl methyl sites for hydroxylation is 1. The molecule has 3 aliphatic heterocycles. The van der Waals surface area contributed by atoms with E-state index in [-0.39, 0.29) is 23.8 Å². The molecular weight excluding hydrogens is 708 g/mol. The molecule has 2 atom stereocenters. The number of benzene rings is 3. The average molecular weight is 748 g/mol. The number of nitrogens with zero attached hydrogens (tertiary/aromatic N) is 5. The van der Waals surface area contributed by atoms with Crippen LogP contribution in [-0.2, 0) is 22.7 Å². The Balaban J connectivity index is 0.933. The smallest absolute Gasteiger partial charge is 0.266 e. The van der Waals surface area contributed by atoms with Crippen LogP contribution in [0.4, 0.5) is 19.0 Å². The van der Waals surface area contributed by atoms with E-state index in [1.807, 2.05) is 30.3 Å². The number of hydrogen-bond donors (Lipinski definition) is 2. The number of piperidine rings is 2. The number of imide groups is 1. The predicted molar refractivity (Wildman–Crippen MR) is 201 cm³/mol. The van der Waals surface area contributed by atoms with E-state index in [1.165, 1.54) is 17.7 Å². The van der Waals surface area contributed by atoms with Crippen LogP contribution in [0.2, 0.25) is 0 Å². The number of fused-ring (bicyclic) bond motifs is 2. The Morgan fingerprint density at radius 2 is 1.73 bits per heavy atom. The van der Waals surface area contributed by atoms with Crippen molar-refractivity contribution in [2.75, 3.05) is 18.4 Å². The molecule has 0 saturated carbocycles. The summed E-state index contributed by atoms with van der Waals surface area (Å²) >= 11 is 0. The van der Waals surface area contributed by atoms with Crippen LogP contribution in [0.25, 0.3) is 22.2 Å². The maximum Gasteiger partial charge on any atom is 0.266 e. The minimum atomic E-state index is -2.92. The van der Waals surface area contributed by atoms with E-state index < -0.39 is 35.8 Å². The van der Waals surface area contributed by atoms with Crippen LogP contribution in [0, 0.1) is 12.7 Å². The zero-order valence-electron chi connectivity index (χ0n) is 30.5. The normalized spacial score (nSPS) is 18.5. The lowest BCUT2D eigenvalue weighted by molar-refractivity contribution is -0.136. The molecule has 10 nitrogen and oxygen atoms in total. The number of rotatable bonds is 9. The lowest BCUT2D eigenvalue weighted by atomic mass is 9.87. The summed E-state index contributed by atoms with van der Waals surface area (Å²) < 4.78 is 41.8. The zero-order chi connectivity index (χ0) is 38.4. The summed E-state index contributed by atoms with van der Waals surface area (Å²) in [6, 6.07) is 18.9. The minimum Gasteiger partial charge on any atom is -0.363 e. The lowest BCUT2D eigenvalue weighted by Crippen LogP contribution is -2.52. The van der Waals surface area contributed by atoms with Gasteiger partial charge < -0.3 is 10.2 Å². The van der Waals surface area contributed by atoms with E-state index in [4.69, 9.17) is 4.98 Å². The van der Waals surface area contributed by atoms with Crippen molar-refractivity contribution in [2.45, 2.75) is 77.0 Å². The highest BCUT2D eigenvalue weighted by atomic mass is 19.3. The molecule has 0 spiro atoms. The molecule has 2 aromatic heterocycles. The Morgan fingerprint density at radius 3 is 2.51 bits per heavy atom. The molecule has 2 N–H and O–H groups in total. The molecule has 3 amide bonds. The number of hydrogen-bond acceptors (Lipinski definition) is 8. The number of carbonyl (C=O) groups is 3. The molecule has 0 radical (unpaired) electrons. The quantitative estimate of drug-likeness (QED) is 0.150. The molecule has 282 valence electrons. The number of nitrogens with one attached hydrogen (secondary N) is 2. The van der Waals surface area contributed by atoms with Gasteiger partial charge in [0, 0.05) is 41.6 Å². The third kappa shape index (κ3) is 7.28. The van der Waals surface area contributed by atoms with E-state index in [1.54, 1.807) is 24.9 Å². The summed E-state index contributed by atoms with van der Waals surface area (Å²) in [5, 5.41) is 6.27. The Bertz CT molecular complexity index is 2330. The molecule has 3 aliphatic rings. The number of carbonyl (C=O) groups excluding carboxylic acids is 3. The first-order chi connectivity index (χ1) is 26.5. The number of anilines is 1. The van der Waals surface area contributed by atoms with Gasteiger partial charge in [0.2, 0.25) is 11.8 Å². The molecule has 8 rings (SSSR count). The van der Waals surface area contributed by atoms with Gasteiger partial charge >= 0.3 is 0 Å². The average Bonchev–Trinajstić information content (AvgIpc) is 3.49. The predicted octanol–water partition coefficient (Wildman–Crippen LogP) is 7.39. The van der Waals surface area contributed by atoms with Crippen LogP contribution in [0.1, 0.15) is 95.0 Å². The van der Waals surface area contributed by atoms with E-state index >= 15 is 4.39 Å². The fourth-order valence-electron chi connectivity index (χ4n) is 8.13. The second-order valence-electron chi connectivity index (χ2n) is 14.7. The van der Waals surface area contributed by atoms with E-state index in [0.29, 0.717) is 52.7 Å². The Hall–Kier alpha value is -5.69. The third-order valence-corrected chi connectivity index (χ3v) is 11.0. The lowest BCUT2D eigenvalue weighted by Gasteiger charge is -2.32. The number of alkyl halides is 2. The van der Waals surface area contributed by atoms with Gasteiger partial charge in [-0.3, -0.25) is 29.6 Å². The molecule has 5 aromatic rings. The molecule has 0 aliphatic carbocycles. The maximum absolute atomic E-state index is 15.0. The molecule has 13 heteroatoms. The van der Waals surface area contributed by atoms with Gasteiger partial charge in [-0.25, -0.2) is 23.1 Å². The van der Waals surface area contributed by atoms with Crippen molar-refractivity contribution in [2.24, 2.45) is 0 Å². The Kier molecular flexibility index (Phi) is 9.80. The van der Waals surface area contributed by atoms with Crippen molar-refractivity contribution in [3.8, 4) is 11.3 Å². The largest absolute Gasteiger partial charge is 0.363 e. The number of aromatic nitrogens is 3. The highest BCUT2D eigenvalue weighted by Gasteiger charge is 2.39. The van der Waals surface area contributed by atoms with Crippen LogP contribution >= 0.6 is 0 Å². The van der Waals surface area contributed by atoms with E-state index in [0.717, 1.165) is 55.2 Å². The van der Waals surface area contributed by atoms with Crippen molar-refractivity contribution in [3.63, 3.8) is 0 Å². The van der Waals surface area contributed by atoms with Crippen molar-refractivity contribution in [1.82, 2.24) is 30.1 Å². The highest BCUT2D eigenvalue weighted by molar-refractivity contribution is 6.05. The van der Waals surface area contributed by atoms with Crippen molar-refractivity contribution in [3.05, 3.63) is 118 Å². The van der Waals surface area contributed by atoms with Crippen LogP contribution in [0.3, 0.4) is 0 Å². The Morgan fingerprint density at radius 1 is 0.945 bits per heavy atom. The number of pyridine rings is 1. The van der Waals surface area contributed by atoms with E-state index in [9.17, 15) is 23.2 Å². The summed E-state index contributed by atoms with van der Waals surface area (Å²) in [5.41, 5.74) is 5.63. The summed E-state index contributed by atoms with van der Waals surface area (Å²) in [4.78, 5) is 55.1. The van der Waals surface area contributed by atoms with Crippen LogP contribution in [0.5, 0.6) is 0 Å². The fraction of sp³-hybridized carbons (Fsp3) is 0.333. The summed E-state index contributed by atoms with van der Waals surface area (Å²) in [5.74, 6) is -0.482. The van der Waals surface area contributed by atoms with Crippen molar-refractivity contribution >= 4 is 34.4 Å². The molecule has 5 heterocycles. The molecule has 2 saturated heterocycles. The van der Waals surface area contributed by atoms with Gasteiger partial charge in [-0.05, 0) is 87.0 Å². The highest BCUT2D eigenvalue weighted by Crippen LogP contribution is 2.35. The van der Waals surface area contributed by atoms with Gasteiger partial charge in [0.15, 0.2) is 0 Å². The summed E-state index contributed by atoms with van der Waals surface area (Å²) in [6.07, 6.45) is 1.29. The molecular formula is C42H40F3N7O3. The topological polar surface area (TPSA) is 120 Å². The first-order valence-electron chi connectivity index (χ1n) is 18.6. The fourth-order valence-corrected chi connectivity index (χ4v) is 8.13. The van der Waals surface area contributed by atoms with Crippen molar-refractivity contribution < 1.29 is 27.6 Å². The van der Waals surface area contributed by atoms with Gasteiger partial charge in [-0.1, -0.05) is 48.5 Å². The molecule has 2 unspecified atom stereocenters. The molecule has 55 heavy (non-hydrogen) atoms. The van der Waals surface area contributed by atoms with Crippen LogP contribution in [0.15, 0.2) is 72.9 Å². The van der Waals surface area contributed by atoms with Gasteiger partial charge in [-0.2, -0.15) is 0 Å². The van der Waals surface area contributed by atoms with Crippen LogP contribution < -0.4 is 10.6 Å². The number of likely N-dealkylation sites (tertiary alicyclic amines) is 1. The minimum absolute atomic E-state index is 0.121. The maximum atomic E-state index is 15.0.